The van der Waals surface area contributed by atoms with Crippen LogP contribution in [0.1, 0.15) is 17.9 Å². The Kier molecular flexibility index (Phi) is 2.19. The van der Waals surface area contributed by atoms with E-state index in [1.165, 1.54) is 0 Å². The van der Waals surface area contributed by atoms with E-state index >= 15 is 0 Å². The van der Waals surface area contributed by atoms with Crippen LogP contribution in [0.15, 0.2) is 18.3 Å². The molecule has 1 aliphatic heterocycles. The molecule has 1 amide bonds. The van der Waals surface area contributed by atoms with Crippen molar-refractivity contribution in [3.05, 3.63) is 29.0 Å². The molecule has 1 unspecified atom stereocenters. The normalized spacial score (nSPS) is 21.6. The number of hydrogen-bond donors (Lipinski definition) is 1. The number of hydrogen-bond acceptors (Lipinski definition) is 2. The van der Waals surface area contributed by atoms with Crippen LogP contribution in [-0.4, -0.2) is 17.4 Å². The van der Waals surface area contributed by atoms with Crippen LogP contribution < -0.4 is 5.32 Å². The number of aromatic nitrogens is 1. The van der Waals surface area contributed by atoms with E-state index in [-0.39, 0.29) is 11.8 Å². The number of halogens is 1. The van der Waals surface area contributed by atoms with Gasteiger partial charge in [0.2, 0.25) is 5.91 Å². The van der Waals surface area contributed by atoms with Crippen molar-refractivity contribution >= 4 is 17.5 Å². The molecule has 0 aliphatic carbocycles. The third kappa shape index (κ3) is 1.65. The first-order valence-corrected chi connectivity index (χ1v) is 4.52. The smallest absolute Gasteiger partial charge is 0.220 e. The zero-order chi connectivity index (χ0) is 9.26. The summed E-state index contributed by atoms with van der Waals surface area (Å²) in [7, 11) is 0. The molecule has 0 radical (unpaired) electrons. The summed E-state index contributed by atoms with van der Waals surface area (Å²) in [4.78, 5) is 14.9. The van der Waals surface area contributed by atoms with Crippen LogP contribution in [0.5, 0.6) is 0 Å². The van der Waals surface area contributed by atoms with Gasteiger partial charge in [-0.3, -0.25) is 4.79 Å². The van der Waals surface area contributed by atoms with Gasteiger partial charge >= 0.3 is 0 Å². The first-order chi connectivity index (χ1) is 6.27. The summed E-state index contributed by atoms with van der Waals surface area (Å²) in [6.45, 7) is 0.671. The van der Waals surface area contributed by atoms with Crippen LogP contribution >= 0.6 is 11.6 Å². The molecule has 1 aromatic rings. The summed E-state index contributed by atoms with van der Waals surface area (Å²) >= 11 is 5.90. The van der Waals surface area contributed by atoms with E-state index in [1.807, 2.05) is 12.1 Å². The number of rotatable bonds is 1. The lowest BCUT2D eigenvalue weighted by Gasteiger charge is -2.07. The monoisotopic (exact) mass is 196 g/mol. The molecule has 1 aromatic heterocycles. The Morgan fingerprint density at radius 2 is 2.46 bits per heavy atom. The van der Waals surface area contributed by atoms with Gasteiger partial charge in [-0.25, -0.2) is 4.98 Å². The van der Waals surface area contributed by atoms with Crippen LogP contribution in [0.2, 0.25) is 5.15 Å². The molecule has 1 aliphatic rings. The minimum absolute atomic E-state index is 0.0879. The Balaban J connectivity index is 2.26. The summed E-state index contributed by atoms with van der Waals surface area (Å²) < 4.78 is 0. The number of carbonyl (C=O) groups is 1. The molecule has 68 valence electrons. The molecule has 4 heteroatoms. The lowest BCUT2D eigenvalue weighted by atomic mass is 10.0. The third-order valence-electron chi connectivity index (χ3n) is 2.21. The molecule has 2 rings (SSSR count). The quantitative estimate of drug-likeness (QED) is 0.689. The van der Waals surface area contributed by atoms with Gasteiger partial charge in [0.05, 0.1) is 0 Å². The van der Waals surface area contributed by atoms with E-state index < -0.39 is 0 Å². The number of carbonyl (C=O) groups excluding carboxylic acids is 1. The highest BCUT2D eigenvalue weighted by Crippen LogP contribution is 2.27. The molecular formula is C9H9ClN2O. The van der Waals surface area contributed by atoms with Crippen LogP contribution in [0.4, 0.5) is 0 Å². The summed E-state index contributed by atoms with van der Waals surface area (Å²) in [6, 6.07) is 3.75. The van der Waals surface area contributed by atoms with Crippen LogP contribution in [0, 0.1) is 0 Å². The zero-order valence-electron chi connectivity index (χ0n) is 6.96. The number of nitrogens with zero attached hydrogens (tertiary/aromatic N) is 1. The Hall–Kier alpha value is -1.09. The maximum absolute atomic E-state index is 11.0. The van der Waals surface area contributed by atoms with Gasteiger partial charge in [0, 0.05) is 25.1 Å². The molecular weight excluding hydrogens is 188 g/mol. The summed E-state index contributed by atoms with van der Waals surface area (Å²) in [6.07, 6.45) is 2.17. The number of nitrogens with one attached hydrogen (secondary N) is 1. The van der Waals surface area contributed by atoms with E-state index in [4.69, 9.17) is 11.6 Å². The molecule has 1 atom stereocenters. The van der Waals surface area contributed by atoms with Gasteiger partial charge in [-0.2, -0.15) is 0 Å². The maximum Gasteiger partial charge on any atom is 0.220 e. The summed E-state index contributed by atoms with van der Waals surface area (Å²) in [5.41, 5.74) is 0.961. The Morgan fingerprint density at radius 3 is 3.08 bits per heavy atom. The first-order valence-electron chi connectivity index (χ1n) is 4.14. The highest BCUT2D eigenvalue weighted by Gasteiger charge is 2.24. The average Bonchev–Trinajstić information content (AvgIpc) is 2.53. The van der Waals surface area contributed by atoms with Gasteiger partial charge in [-0.1, -0.05) is 17.7 Å². The van der Waals surface area contributed by atoms with Gasteiger partial charge in [-0.05, 0) is 11.6 Å². The van der Waals surface area contributed by atoms with E-state index in [0.29, 0.717) is 18.1 Å². The number of pyridine rings is 1. The van der Waals surface area contributed by atoms with E-state index in [0.717, 1.165) is 5.56 Å². The van der Waals surface area contributed by atoms with Crippen molar-refractivity contribution in [3.63, 3.8) is 0 Å². The second-order valence-electron chi connectivity index (χ2n) is 3.09. The third-order valence-corrected chi connectivity index (χ3v) is 2.52. The molecule has 13 heavy (non-hydrogen) atoms. The lowest BCUT2D eigenvalue weighted by Crippen LogP contribution is -2.13. The van der Waals surface area contributed by atoms with E-state index in [1.54, 1.807) is 6.20 Å². The maximum atomic E-state index is 11.0. The highest BCUT2D eigenvalue weighted by atomic mass is 35.5. The fraction of sp³-hybridized carbons (Fsp3) is 0.333. The van der Waals surface area contributed by atoms with Crippen molar-refractivity contribution in [3.8, 4) is 0 Å². The minimum atomic E-state index is 0.0879. The van der Waals surface area contributed by atoms with Crippen molar-refractivity contribution in [2.24, 2.45) is 0 Å². The first kappa shape index (κ1) is 8.51. The van der Waals surface area contributed by atoms with Crippen molar-refractivity contribution in [1.82, 2.24) is 10.3 Å². The molecule has 2 heterocycles. The van der Waals surface area contributed by atoms with Gasteiger partial charge in [0.15, 0.2) is 0 Å². The molecule has 0 aromatic carbocycles. The Labute approximate surface area is 81.1 Å². The molecule has 1 N–H and O–H groups in total. The van der Waals surface area contributed by atoms with Gasteiger partial charge < -0.3 is 5.32 Å². The van der Waals surface area contributed by atoms with E-state index in [9.17, 15) is 4.79 Å². The van der Waals surface area contributed by atoms with Crippen molar-refractivity contribution in [2.45, 2.75) is 12.3 Å². The fourth-order valence-electron chi connectivity index (χ4n) is 1.53. The Bertz CT molecular complexity index is 340. The predicted molar refractivity (Wildman–Crippen MR) is 49.6 cm³/mol. The summed E-state index contributed by atoms with van der Waals surface area (Å²) in [5.74, 6) is 0.276. The van der Waals surface area contributed by atoms with Crippen molar-refractivity contribution in [1.29, 1.82) is 0 Å². The summed E-state index contributed by atoms with van der Waals surface area (Å²) in [5, 5.41) is 3.27. The zero-order valence-corrected chi connectivity index (χ0v) is 7.71. The predicted octanol–water partition coefficient (Wildman–Crippen LogP) is 1.34. The van der Waals surface area contributed by atoms with Crippen LogP contribution in [0.3, 0.4) is 0 Å². The van der Waals surface area contributed by atoms with Crippen LogP contribution in [0.25, 0.3) is 0 Å². The van der Waals surface area contributed by atoms with Gasteiger partial charge in [0.25, 0.3) is 0 Å². The number of amides is 1. The second-order valence-corrected chi connectivity index (χ2v) is 3.45. The van der Waals surface area contributed by atoms with E-state index in [2.05, 4.69) is 10.3 Å². The fourth-order valence-corrected chi connectivity index (χ4v) is 1.80. The van der Waals surface area contributed by atoms with Crippen LogP contribution in [-0.2, 0) is 4.79 Å². The lowest BCUT2D eigenvalue weighted by molar-refractivity contribution is -0.119. The minimum Gasteiger partial charge on any atom is -0.355 e. The molecule has 3 nitrogen and oxygen atoms in total. The highest BCUT2D eigenvalue weighted by molar-refractivity contribution is 6.30. The molecule has 0 bridgehead atoms. The largest absolute Gasteiger partial charge is 0.355 e. The average molecular weight is 197 g/mol. The molecule has 1 saturated heterocycles. The van der Waals surface area contributed by atoms with Crippen molar-refractivity contribution in [2.75, 3.05) is 6.54 Å². The standard InChI is InChI=1S/C9H9ClN2O/c10-9-7(2-1-3-11-9)6-4-8(13)12-5-6/h1-3,6H,4-5H2,(H,12,13). The van der Waals surface area contributed by atoms with Crippen molar-refractivity contribution < 1.29 is 4.79 Å². The Morgan fingerprint density at radius 1 is 1.62 bits per heavy atom. The molecule has 0 saturated carbocycles. The molecule has 0 spiro atoms. The SMILES string of the molecule is O=C1CC(c2cccnc2Cl)CN1. The van der Waals surface area contributed by atoms with Gasteiger partial charge in [-0.15, -0.1) is 0 Å². The topological polar surface area (TPSA) is 42.0 Å². The van der Waals surface area contributed by atoms with Gasteiger partial charge in [0.1, 0.15) is 5.15 Å². The second kappa shape index (κ2) is 3.34. The molecule has 1 fully saturated rings.